The summed E-state index contributed by atoms with van der Waals surface area (Å²) in [6.45, 7) is 0.282. The number of aliphatic carboxylic acids is 1. The Bertz CT molecular complexity index is 1070. The molecule has 0 bridgehead atoms. The molecule has 2 aromatic rings. The Morgan fingerprint density at radius 3 is 2.26 bits per heavy atom. The molecule has 3 N–H and O–H groups in total. The average Bonchev–Trinajstić information content (AvgIpc) is 3.56. The molecule has 0 heterocycles. The summed E-state index contributed by atoms with van der Waals surface area (Å²) in [7, 11) is 0. The zero-order valence-electron chi connectivity index (χ0n) is 19.7. The number of nitrogens with one attached hydrogen (secondary N) is 2. The number of rotatable bonds is 7. The minimum atomic E-state index is -0.832. The van der Waals surface area contributed by atoms with Crippen LogP contribution < -0.4 is 10.6 Å². The number of fused-ring (bicyclic) bond motifs is 3. The number of carbonyl (C=O) groups excluding carboxylic acids is 2. The monoisotopic (exact) mass is 476 g/mol. The number of carboxylic acid groups (broad SMARTS) is 1. The van der Waals surface area contributed by atoms with Gasteiger partial charge in [-0.25, -0.2) is 4.79 Å². The predicted octanol–water partition coefficient (Wildman–Crippen LogP) is 4.45. The van der Waals surface area contributed by atoms with E-state index in [-0.39, 0.29) is 36.4 Å². The molecule has 3 aliphatic carbocycles. The second-order valence-corrected chi connectivity index (χ2v) is 10.1. The molecule has 2 saturated carbocycles. The second kappa shape index (κ2) is 10.1. The molecule has 2 amide bonds. The van der Waals surface area contributed by atoms with E-state index in [1.54, 1.807) is 0 Å². The van der Waals surface area contributed by atoms with Crippen LogP contribution in [0.5, 0.6) is 0 Å². The van der Waals surface area contributed by atoms with E-state index in [0.29, 0.717) is 12.8 Å². The highest BCUT2D eigenvalue weighted by Crippen LogP contribution is 2.44. The van der Waals surface area contributed by atoms with Crippen molar-refractivity contribution in [3.63, 3.8) is 0 Å². The highest BCUT2D eigenvalue weighted by Gasteiger charge is 2.35. The summed E-state index contributed by atoms with van der Waals surface area (Å²) in [5.41, 5.74) is 4.75. The van der Waals surface area contributed by atoms with Crippen LogP contribution in [0, 0.1) is 11.8 Å². The van der Waals surface area contributed by atoms with Crippen molar-refractivity contribution in [2.75, 3.05) is 6.61 Å². The van der Waals surface area contributed by atoms with Crippen molar-refractivity contribution in [2.45, 2.75) is 62.9 Å². The molecule has 2 aromatic carbocycles. The molecule has 5 rings (SSSR count). The quantitative estimate of drug-likeness (QED) is 0.548. The standard InChI is InChI=1S/C28H32N2O5/c31-26(30-25-11-5-10-23(25)27(32)33)15-17-12-13-18(14-17)29-28(34)35-16-24-21-8-3-1-6-19(21)20-7-2-4-9-22(20)24/h1-4,6-9,17-18,23-25H,5,10-16H2,(H,29,34)(H,30,31)(H,32,33)/t17-,18+,23?,25?/m0/s1. The van der Waals surface area contributed by atoms with Gasteiger partial charge in [0.15, 0.2) is 0 Å². The van der Waals surface area contributed by atoms with Gasteiger partial charge in [0.1, 0.15) is 6.61 Å². The molecular weight excluding hydrogens is 444 g/mol. The molecule has 4 atom stereocenters. The molecule has 7 nitrogen and oxygen atoms in total. The molecule has 0 saturated heterocycles. The van der Waals surface area contributed by atoms with Crippen molar-refractivity contribution in [1.29, 1.82) is 0 Å². The van der Waals surface area contributed by atoms with E-state index in [2.05, 4.69) is 34.9 Å². The highest BCUT2D eigenvalue weighted by atomic mass is 16.5. The topological polar surface area (TPSA) is 105 Å². The molecule has 0 aromatic heterocycles. The van der Waals surface area contributed by atoms with Gasteiger partial charge in [-0.1, -0.05) is 55.0 Å². The van der Waals surface area contributed by atoms with E-state index >= 15 is 0 Å². The first-order valence-electron chi connectivity index (χ1n) is 12.6. The highest BCUT2D eigenvalue weighted by molar-refractivity contribution is 5.79. The largest absolute Gasteiger partial charge is 0.481 e. The van der Waals surface area contributed by atoms with E-state index < -0.39 is 18.0 Å². The van der Waals surface area contributed by atoms with Gasteiger partial charge in [-0.2, -0.15) is 0 Å². The van der Waals surface area contributed by atoms with Gasteiger partial charge in [-0.3, -0.25) is 9.59 Å². The summed E-state index contributed by atoms with van der Waals surface area (Å²) in [6, 6.07) is 16.2. The molecule has 2 fully saturated rings. The van der Waals surface area contributed by atoms with E-state index in [0.717, 1.165) is 32.1 Å². The van der Waals surface area contributed by atoms with Crippen LogP contribution in [0.2, 0.25) is 0 Å². The van der Waals surface area contributed by atoms with Crippen molar-refractivity contribution in [3.8, 4) is 11.1 Å². The van der Waals surface area contributed by atoms with E-state index in [4.69, 9.17) is 4.74 Å². The van der Waals surface area contributed by atoms with Gasteiger partial charge in [0.25, 0.3) is 0 Å². The number of ether oxygens (including phenoxy) is 1. The number of carbonyl (C=O) groups is 3. The first kappa shape index (κ1) is 23.4. The SMILES string of the molecule is O=C(C[C@H]1CC[C@@H](NC(=O)OCC2c3ccccc3-c3ccccc32)C1)NC1CCCC1C(=O)O. The fourth-order valence-electron chi connectivity index (χ4n) is 6.15. The first-order chi connectivity index (χ1) is 17.0. The van der Waals surface area contributed by atoms with Crippen LogP contribution in [-0.4, -0.2) is 41.8 Å². The number of hydrogen-bond acceptors (Lipinski definition) is 4. The Labute approximate surface area is 205 Å². The third-order valence-electron chi connectivity index (χ3n) is 7.86. The van der Waals surface area contributed by atoms with Crippen LogP contribution in [0.15, 0.2) is 48.5 Å². The maximum absolute atomic E-state index is 12.6. The maximum atomic E-state index is 12.6. The van der Waals surface area contributed by atoms with E-state index in [1.165, 1.54) is 22.3 Å². The van der Waals surface area contributed by atoms with Crippen molar-refractivity contribution in [3.05, 3.63) is 59.7 Å². The Morgan fingerprint density at radius 1 is 0.886 bits per heavy atom. The number of benzene rings is 2. The molecular formula is C28H32N2O5. The molecule has 0 aliphatic heterocycles. The molecule has 0 spiro atoms. The lowest BCUT2D eigenvalue weighted by atomic mass is 9.98. The minimum Gasteiger partial charge on any atom is -0.481 e. The van der Waals surface area contributed by atoms with Crippen LogP contribution in [0.4, 0.5) is 4.79 Å². The lowest BCUT2D eigenvalue weighted by Crippen LogP contribution is -2.40. The van der Waals surface area contributed by atoms with Gasteiger partial charge in [-0.05, 0) is 60.3 Å². The average molecular weight is 477 g/mol. The third kappa shape index (κ3) is 5.04. The van der Waals surface area contributed by atoms with Crippen molar-refractivity contribution in [2.24, 2.45) is 11.8 Å². The van der Waals surface area contributed by atoms with Crippen LogP contribution in [0.3, 0.4) is 0 Å². The van der Waals surface area contributed by atoms with Gasteiger partial charge in [0.2, 0.25) is 5.91 Å². The fraction of sp³-hybridized carbons (Fsp3) is 0.464. The van der Waals surface area contributed by atoms with E-state index in [1.807, 2.05) is 24.3 Å². The fourth-order valence-corrected chi connectivity index (χ4v) is 6.15. The molecule has 7 heteroatoms. The molecule has 0 radical (unpaired) electrons. The van der Waals surface area contributed by atoms with E-state index in [9.17, 15) is 19.5 Å². The van der Waals surface area contributed by atoms with Crippen LogP contribution in [-0.2, 0) is 14.3 Å². The molecule has 3 aliphatic rings. The van der Waals surface area contributed by atoms with Crippen LogP contribution in [0.25, 0.3) is 11.1 Å². The summed E-state index contributed by atoms with van der Waals surface area (Å²) in [6.07, 6.45) is 4.51. The third-order valence-corrected chi connectivity index (χ3v) is 7.86. The summed E-state index contributed by atoms with van der Waals surface area (Å²) < 4.78 is 5.66. The molecule has 2 unspecified atom stereocenters. The van der Waals surface area contributed by atoms with Gasteiger partial charge in [0, 0.05) is 24.4 Å². The number of carboxylic acids is 1. The van der Waals surface area contributed by atoms with Crippen molar-refractivity contribution < 1.29 is 24.2 Å². The first-order valence-corrected chi connectivity index (χ1v) is 12.6. The van der Waals surface area contributed by atoms with Crippen molar-refractivity contribution in [1.82, 2.24) is 10.6 Å². The Hall–Kier alpha value is -3.35. The van der Waals surface area contributed by atoms with Gasteiger partial charge < -0.3 is 20.5 Å². The number of amides is 2. The summed E-state index contributed by atoms with van der Waals surface area (Å²) in [4.78, 5) is 36.4. The lowest BCUT2D eigenvalue weighted by molar-refractivity contribution is -0.142. The van der Waals surface area contributed by atoms with Gasteiger partial charge >= 0.3 is 12.1 Å². The second-order valence-electron chi connectivity index (χ2n) is 10.1. The van der Waals surface area contributed by atoms with Crippen LogP contribution in [0.1, 0.15) is 62.0 Å². The van der Waals surface area contributed by atoms with Crippen molar-refractivity contribution >= 4 is 18.0 Å². The van der Waals surface area contributed by atoms with Crippen LogP contribution >= 0.6 is 0 Å². The normalized spacial score (nSPS) is 25.0. The minimum absolute atomic E-state index is 0.0123. The Balaban J connectivity index is 1.09. The molecule has 184 valence electrons. The van der Waals surface area contributed by atoms with Gasteiger partial charge in [0.05, 0.1) is 5.92 Å². The predicted molar refractivity (Wildman–Crippen MR) is 131 cm³/mol. The Morgan fingerprint density at radius 2 is 1.57 bits per heavy atom. The summed E-state index contributed by atoms with van der Waals surface area (Å²) in [5.74, 6) is -1.20. The zero-order valence-corrected chi connectivity index (χ0v) is 19.7. The summed E-state index contributed by atoms with van der Waals surface area (Å²) >= 11 is 0. The zero-order chi connectivity index (χ0) is 24.4. The van der Waals surface area contributed by atoms with Gasteiger partial charge in [-0.15, -0.1) is 0 Å². The maximum Gasteiger partial charge on any atom is 0.407 e. The summed E-state index contributed by atoms with van der Waals surface area (Å²) in [5, 5.41) is 15.2. The lowest BCUT2D eigenvalue weighted by Gasteiger charge is -2.19. The number of hydrogen-bond donors (Lipinski definition) is 3. The smallest absolute Gasteiger partial charge is 0.407 e. The number of alkyl carbamates (subject to hydrolysis) is 1. The Kier molecular flexibility index (Phi) is 6.75. The molecule has 35 heavy (non-hydrogen) atoms.